The maximum Gasteiger partial charge on any atom is -0.0307 e. The van der Waals surface area contributed by atoms with E-state index in [0.29, 0.717) is 0 Å². The Morgan fingerprint density at radius 2 is 1.80 bits per heavy atom. The molecular weight excluding hydrogens is 101 g/mol. The average Bonchev–Trinajstić information content (AvgIpc) is 1.38. The quantitative estimate of drug-likeness (QED) is 0.379. The third kappa shape index (κ3) is 4.74. The van der Waals surface area contributed by atoms with Crippen LogP contribution in [0.4, 0.5) is 0 Å². The lowest BCUT2D eigenvalue weighted by Gasteiger charge is -1.94. The molecule has 1 N–H and O–H groups in total. The summed E-state index contributed by atoms with van der Waals surface area (Å²) >= 11 is 3.79. The van der Waals surface area contributed by atoms with Gasteiger partial charge in [-0.25, -0.2) is 4.49 Å². The lowest BCUT2D eigenvalue weighted by atomic mass is 11.9. The van der Waals surface area contributed by atoms with Gasteiger partial charge in [-0.05, 0) is 21.4 Å². The first-order chi connectivity index (χ1) is 2.27. The van der Waals surface area contributed by atoms with E-state index in [1.165, 1.54) is 0 Å². The van der Waals surface area contributed by atoms with Crippen LogP contribution >= 0.6 is 20.9 Å². The molecule has 0 spiro atoms. The van der Waals surface area contributed by atoms with Gasteiger partial charge in [-0.1, -0.05) is 12.8 Å². The van der Waals surface area contributed by atoms with Crippen LogP contribution in [-0.2, 0) is 0 Å². The number of nitrogens with one attached hydrogen (secondary N) is 1. The Balaban J connectivity index is 2.54. The zero-order valence-electron chi connectivity index (χ0n) is 3.39. The first kappa shape index (κ1) is 5.74. The Morgan fingerprint density at radius 3 is 1.80 bits per heavy atom. The molecule has 0 aliphatic carbocycles. The third-order valence-electron chi connectivity index (χ3n) is 0.200. The lowest BCUT2D eigenvalue weighted by molar-refractivity contribution is 1.70. The van der Waals surface area contributed by atoms with Crippen molar-refractivity contribution in [2.24, 2.45) is 0 Å². The summed E-state index contributed by atoms with van der Waals surface area (Å²) in [5.74, 6) is 0. The highest BCUT2D eigenvalue weighted by atomic mass is 32.1. The summed E-state index contributed by atoms with van der Waals surface area (Å²) in [7, 11) is 0.0159. The summed E-state index contributed by atoms with van der Waals surface area (Å²) in [5, 5.41) is 0. The molecule has 0 atom stereocenters. The van der Waals surface area contributed by atoms with Gasteiger partial charge in [0, 0.05) is 0 Å². The van der Waals surface area contributed by atoms with Crippen LogP contribution in [0, 0.1) is 0 Å². The van der Waals surface area contributed by atoms with E-state index in [4.69, 9.17) is 0 Å². The predicted molar refractivity (Wildman–Crippen MR) is 30.9 cm³/mol. The second kappa shape index (κ2) is 2.95. The molecule has 0 bridgehead atoms. The summed E-state index contributed by atoms with van der Waals surface area (Å²) in [6.07, 6.45) is 0. The topological polar surface area (TPSA) is 12.0 Å². The highest BCUT2D eigenvalue weighted by molar-refractivity contribution is 7.85. The van der Waals surface area contributed by atoms with Gasteiger partial charge in [-0.2, -0.15) is 0 Å². The van der Waals surface area contributed by atoms with Crippen LogP contribution in [0.5, 0.6) is 0 Å². The molecule has 0 saturated carbocycles. The normalized spacial score (nSPS) is 9.60. The van der Waals surface area contributed by atoms with E-state index in [9.17, 15) is 0 Å². The Bertz CT molecular complexity index is 23.6. The van der Waals surface area contributed by atoms with Crippen LogP contribution < -0.4 is 4.49 Å². The van der Waals surface area contributed by atoms with Crippen molar-refractivity contribution in [3.63, 3.8) is 0 Å². The molecule has 0 heterocycles. The van der Waals surface area contributed by atoms with Crippen LogP contribution in [-0.4, -0.2) is 13.3 Å². The Kier molecular flexibility index (Phi) is 3.39. The molecule has 1 nitrogen and oxygen atoms in total. The summed E-state index contributed by atoms with van der Waals surface area (Å²) in [6, 6.07) is 0. The van der Waals surface area contributed by atoms with Gasteiger partial charge >= 0.3 is 0 Å². The fraction of sp³-hybridized carbons (Fsp3) is 1.00. The molecule has 5 heavy (non-hydrogen) atoms. The maximum atomic E-state index is 3.79. The second-order valence-corrected chi connectivity index (χ2v) is 3.58. The molecule has 0 aliphatic rings. The van der Waals surface area contributed by atoms with Gasteiger partial charge in [-0.15, -0.1) is 0 Å². The van der Waals surface area contributed by atoms with Crippen molar-refractivity contribution in [1.29, 1.82) is 0 Å². The minimum absolute atomic E-state index is 0.0159. The Hall–Kier alpha value is 0.740. The van der Waals surface area contributed by atoms with E-state index in [-0.39, 0.29) is 8.07 Å². The molecule has 3 heteroatoms. The molecule has 32 valence electrons. The first-order valence-electron chi connectivity index (χ1n) is 1.34. The van der Waals surface area contributed by atoms with E-state index >= 15 is 0 Å². The molecule has 0 fully saturated rings. The van der Waals surface area contributed by atoms with E-state index in [2.05, 4.69) is 30.6 Å². The van der Waals surface area contributed by atoms with Crippen LogP contribution in [0.2, 0.25) is 0 Å². The van der Waals surface area contributed by atoms with Crippen molar-refractivity contribution in [1.82, 2.24) is 4.49 Å². The standard InChI is InChI=1S/C2H8NPS/c1-4(2)3-5/h3,5H,1-2H3. The van der Waals surface area contributed by atoms with Gasteiger partial charge in [0.05, 0.1) is 0 Å². The number of rotatable bonds is 1. The van der Waals surface area contributed by atoms with Gasteiger partial charge in [0.15, 0.2) is 0 Å². The zero-order chi connectivity index (χ0) is 4.28. The van der Waals surface area contributed by atoms with E-state index in [1.807, 2.05) is 0 Å². The van der Waals surface area contributed by atoms with Crippen molar-refractivity contribution in [2.75, 3.05) is 13.3 Å². The van der Waals surface area contributed by atoms with Crippen molar-refractivity contribution >= 4 is 20.9 Å². The van der Waals surface area contributed by atoms with Gasteiger partial charge in [0.2, 0.25) is 0 Å². The lowest BCUT2D eigenvalue weighted by Crippen LogP contribution is -1.81. The van der Waals surface area contributed by atoms with Crippen LogP contribution in [0.1, 0.15) is 0 Å². The Morgan fingerprint density at radius 1 is 1.60 bits per heavy atom. The van der Waals surface area contributed by atoms with Gasteiger partial charge in [0.25, 0.3) is 0 Å². The number of thiol groups is 1. The smallest absolute Gasteiger partial charge is 0.0307 e. The minimum Gasteiger partial charge on any atom is -0.245 e. The predicted octanol–water partition coefficient (Wildman–Crippen LogP) is 1.08. The van der Waals surface area contributed by atoms with Crippen LogP contribution in [0.3, 0.4) is 0 Å². The molecule has 0 aliphatic heterocycles. The molecule has 0 radical (unpaired) electrons. The molecule has 0 aromatic heterocycles. The average molecular weight is 109 g/mol. The third-order valence-corrected chi connectivity index (χ3v) is 1.80. The fourth-order valence-electron chi connectivity index (χ4n) is 0. The van der Waals surface area contributed by atoms with Gasteiger partial charge < -0.3 is 0 Å². The minimum atomic E-state index is 0.0159. The van der Waals surface area contributed by atoms with E-state index < -0.39 is 0 Å². The monoisotopic (exact) mass is 109 g/mol. The molecular formula is C2H8NPS. The van der Waals surface area contributed by atoms with Gasteiger partial charge in [0.1, 0.15) is 0 Å². The van der Waals surface area contributed by atoms with Crippen molar-refractivity contribution in [2.45, 2.75) is 0 Å². The molecule has 0 rings (SSSR count). The van der Waals surface area contributed by atoms with E-state index in [0.717, 1.165) is 0 Å². The highest BCUT2D eigenvalue weighted by Crippen LogP contribution is 2.16. The highest BCUT2D eigenvalue weighted by Gasteiger charge is 1.76. The number of hydrogen-bond acceptors (Lipinski definition) is 2. The maximum absolute atomic E-state index is 3.79. The van der Waals surface area contributed by atoms with Gasteiger partial charge in [-0.3, -0.25) is 0 Å². The Labute approximate surface area is 39.5 Å². The second-order valence-electron chi connectivity index (χ2n) is 0.994. The molecule has 0 aromatic rings. The largest absolute Gasteiger partial charge is 0.245 e. The van der Waals surface area contributed by atoms with Crippen molar-refractivity contribution in [3.05, 3.63) is 0 Å². The first-order valence-corrected chi connectivity index (χ1v) is 4.02. The van der Waals surface area contributed by atoms with Crippen LogP contribution in [0.25, 0.3) is 0 Å². The SMILES string of the molecule is CP(C)NS. The van der Waals surface area contributed by atoms with Crippen molar-refractivity contribution in [3.8, 4) is 0 Å². The summed E-state index contributed by atoms with van der Waals surface area (Å²) < 4.78 is 2.79. The van der Waals surface area contributed by atoms with Crippen molar-refractivity contribution < 1.29 is 0 Å². The number of hydrogen-bond donors (Lipinski definition) is 2. The summed E-state index contributed by atoms with van der Waals surface area (Å²) in [5.41, 5.74) is 0. The summed E-state index contributed by atoms with van der Waals surface area (Å²) in [6.45, 7) is 4.20. The molecule has 0 aromatic carbocycles. The zero-order valence-corrected chi connectivity index (χ0v) is 5.18. The fourth-order valence-corrected chi connectivity index (χ4v) is 0. The molecule has 0 amide bonds. The molecule has 0 saturated heterocycles. The van der Waals surface area contributed by atoms with Crippen LogP contribution in [0.15, 0.2) is 0 Å². The summed E-state index contributed by atoms with van der Waals surface area (Å²) in [4.78, 5) is 0. The van der Waals surface area contributed by atoms with E-state index in [1.54, 1.807) is 0 Å². The molecule has 0 unspecified atom stereocenters.